The quantitative estimate of drug-likeness (QED) is 0.689. The summed E-state index contributed by atoms with van der Waals surface area (Å²) in [6, 6.07) is 7.35. The molecular formula is C10H15N3O. The second kappa shape index (κ2) is 4.50. The Balaban J connectivity index is 2.50. The molecule has 14 heavy (non-hydrogen) atoms. The van der Waals surface area contributed by atoms with Crippen LogP contribution in [-0.2, 0) is 6.54 Å². The Bertz CT molecular complexity index is 323. The predicted octanol–water partition coefficient (Wildman–Crippen LogP) is 1.04. The number of nitrogens with two attached hydrogens (primary N) is 1. The fourth-order valence-electron chi connectivity index (χ4n) is 1.04. The van der Waals surface area contributed by atoms with Gasteiger partial charge in [0.1, 0.15) is 0 Å². The zero-order valence-electron chi connectivity index (χ0n) is 8.45. The third kappa shape index (κ3) is 2.97. The van der Waals surface area contributed by atoms with Crippen LogP contribution >= 0.6 is 0 Å². The van der Waals surface area contributed by atoms with Gasteiger partial charge < -0.3 is 16.0 Å². The summed E-state index contributed by atoms with van der Waals surface area (Å²) in [5.41, 5.74) is 7.31. The average Bonchev–Trinajstić information content (AvgIpc) is 2.14. The Hall–Kier alpha value is -1.71. The van der Waals surface area contributed by atoms with E-state index in [-0.39, 0.29) is 6.03 Å². The van der Waals surface area contributed by atoms with Crippen molar-refractivity contribution >= 4 is 11.7 Å². The van der Waals surface area contributed by atoms with E-state index in [0.717, 1.165) is 5.56 Å². The van der Waals surface area contributed by atoms with Crippen LogP contribution < -0.4 is 11.1 Å². The van der Waals surface area contributed by atoms with E-state index in [4.69, 9.17) is 5.73 Å². The van der Waals surface area contributed by atoms with Crippen molar-refractivity contribution in [3.63, 3.8) is 0 Å². The monoisotopic (exact) mass is 193 g/mol. The molecule has 4 nitrogen and oxygen atoms in total. The minimum Gasteiger partial charge on any atom is -0.399 e. The fourth-order valence-corrected chi connectivity index (χ4v) is 1.04. The van der Waals surface area contributed by atoms with Gasteiger partial charge in [-0.25, -0.2) is 4.79 Å². The van der Waals surface area contributed by atoms with E-state index >= 15 is 0 Å². The van der Waals surface area contributed by atoms with Gasteiger partial charge in [-0.2, -0.15) is 0 Å². The summed E-state index contributed by atoms with van der Waals surface area (Å²) in [7, 11) is 3.41. The highest BCUT2D eigenvalue weighted by molar-refractivity contribution is 5.73. The molecule has 0 aliphatic carbocycles. The summed E-state index contributed by atoms with van der Waals surface area (Å²) in [4.78, 5) is 12.7. The Labute approximate surface area is 83.7 Å². The molecule has 0 aromatic heterocycles. The van der Waals surface area contributed by atoms with Crippen LogP contribution in [0.25, 0.3) is 0 Å². The highest BCUT2D eigenvalue weighted by atomic mass is 16.2. The number of rotatable bonds is 2. The van der Waals surface area contributed by atoms with Crippen molar-refractivity contribution in [3.05, 3.63) is 29.8 Å². The highest BCUT2D eigenvalue weighted by Crippen LogP contribution is 2.05. The maximum atomic E-state index is 11.2. The zero-order chi connectivity index (χ0) is 10.6. The molecule has 3 N–H and O–H groups in total. The standard InChI is InChI=1S/C10H15N3O/c1-13(2)10(14)12-7-8-4-3-5-9(11)6-8/h3-6H,7,11H2,1-2H3,(H,12,14). The molecule has 0 aliphatic heterocycles. The van der Waals surface area contributed by atoms with Crippen molar-refractivity contribution in [2.45, 2.75) is 6.54 Å². The number of urea groups is 1. The first-order valence-electron chi connectivity index (χ1n) is 4.39. The van der Waals surface area contributed by atoms with Gasteiger partial charge in [0.25, 0.3) is 0 Å². The van der Waals surface area contributed by atoms with Gasteiger partial charge in [0.2, 0.25) is 0 Å². The van der Waals surface area contributed by atoms with Gasteiger partial charge in [0, 0.05) is 26.3 Å². The highest BCUT2D eigenvalue weighted by Gasteiger charge is 2.01. The van der Waals surface area contributed by atoms with Crippen LogP contribution in [-0.4, -0.2) is 25.0 Å². The number of amides is 2. The molecule has 0 atom stereocenters. The van der Waals surface area contributed by atoms with Gasteiger partial charge in [0.15, 0.2) is 0 Å². The van der Waals surface area contributed by atoms with E-state index in [0.29, 0.717) is 12.2 Å². The van der Waals surface area contributed by atoms with Crippen LogP contribution in [0.3, 0.4) is 0 Å². The number of nitrogens with one attached hydrogen (secondary N) is 1. The Morgan fingerprint density at radius 2 is 2.21 bits per heavy atom. The van der Waals surface area contributed by atoms with Gasteiger partial charge in [-0.05, 0) is 17.7 Å². The van der Waals surface area contributed by atoms with Crippen LogP contribution in [0.4, 0.5) is 10.5 Å². The van der Waals surface area contributed by atoms with Crippen LogP contribution in [0, 0.1) is 0 Å². The molecule has 1 rings (SSSR count). The number of carbonyl (C=O) groups is 1. The maximum absolute atomic E-state index is 11.2. The molecule has 76 valence electrons. The van der Waals surface area contributed by atoms with Crippen LogP contribution in [0.1, 0.15) is 5.56 Å². The molecule has 0 heterocycles. The van der Waals surface area contributed by atoms with E-state index in [1.54, 1.807) is 14.1 Å². The summed E-state index contributed by atoms with van der Waals surface area (Å²) in [6.07, 6.45) is 0. The molecule has 0 radical (unpaired) electrons. The summed E-state index contributed by atoms with van der Waals surface area (Å²) in [5.74, 6) is 0. The third-order valence-corrected chi connectivity index (χ3v) is 1.80. The SMILES string of the molecule is CN(C)C(=O)NCc1cccc(N)c1. The number of carbonyl (C=O) groups excluding carboxylic acids is 1. The summed E-state index contributed by atoms with van der Waals surface area (Å²) >= 11 is 0. The van der Waals surface area contributed by atoms with Crippen LogP contribution in [0.2, 0.25) is 0 Å². The van der Waals surface area contributed by atoms with Crippen LogP contribution in [0.15, 0.2) is 24.3 Å². The zero-order valence-corrected chi connectivity index (χ0v) is 8.45. The van der Waals surface area contributed by atoms with Gasteiger partial charge in [-0.15, -0.1) is 0 Å². The first-order valence-corrected chi connectivity index (χ1v) is 4.39. The summed E-state index contributed by atoms with van der Waals surface area (Å²) in [5, 5.41) is 2.76. The van der Waals surface area contributed by atoms with Crippen LogP contribution in [0.5, 0.6) is 0 Å². The molecule has 0 fully saturated rings. The largest absolute Gasteiger partial charge is 0.399 e. The molecular weight excluding hydrogens is 178 g/mol. The molecule has 0 saturated heterocycles. The van der Waals surface area contributed by atoms with Crippen molar-refractivity contribution in [2.75, 3.05) is 19.8 Å². The number of nitrogens with zero attached hydrogens (tertiary/aromatic N) is 1. The predicted molar refractivity (Wildman–Crippen MR) is 56.8 cm³/mol. The fraction of sp³-hybridized carbons (Fsp3) is 0.300. The Morgan fingerprint density at radius 3 is 2.79 bits per heavy atom. The van der Waals surface area contributed by atoms with Crippen molar-refractivity contribution in [1.29, 1.82) is 0 Å². The number of benzene rings is 1. The van der Waals surface area contributed by atoms with Gasteiger partial charge in [-0.3, -0.25) is 0 Å². The van der Waals surface area contributed by atoms with E-state index in [9.17, 15) is 4.79 Å². The topological polar surface area (TPSA) is 58.4 Å². The number of hydrogen-bond acceptors (Lipinski definition) is 2. The molecule has 1 aromatic rings. The molecule has 1 aromatic carbocycles. The number of anilines is 1. The average molecular weight is 193 g/mol. The second-order valence-corrected chi connectivity index (χ2v) is 3.30. The van der Waals surface area contributed by atoms with E-state index in [1.807, 2.05) is 24.3 Å². The molecule has 2 amide bonds. The van der Waals surface area contributed by atoms with Crippen molar-refractivity contribution in [1.82, 2.24) is 10.2 Å². The molecule has 0 spiro atoms. The lowest BCUT2D eigenvalue weighted by molar-refractivity contribution is 0.217. The lowest BCUT2D eigenvalue weighted by Gasteiger charge is -2.11. The van der Waals surface area contributed by atoms with E-state index < -0.39 is 0 Å². The minimum atomic E-state index is -0.104. The van der Waals surface area contributed by atoms with E-state index in [1.165, 1.54) is 4.90 Å². The first kappa shape index (κ1) is 10.4. The lowest BCUT2D eigenvalue weighted by atomic mass is 10.2. The number of hydrogen-bond donors (Lipinski definition) is 2. The van der Waals surface area contributed by atoms with Crippen molar-refractivity contribution in [3.8, 4) is 0 Å². The third-order valence-electron chi connectivity index (χ3n) is 1.80. The smallest absolute Gasteiger partial charge is 0.317 e. The normalized spacial score (nSPS) is 9.57. The molecule has 0 saturated carbocycles. The molecule has 0 aliphatic rings. The molecule has 0 bridgehead atoms. The Kier molecular flexibility index (Phi) is 3.34. The van der Waals surface area contributed by atoms with Gasteiger partial charge in [-0.1, -0.05) is 12.1 Å². The summed E-state index contributed by atoms with van der Waals surface area (Å²) in [6.45, 7) is 0.502. The molecule has 4 heteroatoms. The van der Waals surface area contributed by atoms with Crippen molar-refractivity contribution in [2.24, 2.45) is 0 Å². The maximum Gasteiger partial charge on any atom is 0.317 e. The van der Waals surface area contributed by atoms with E-state index in [2.05, 4.69) is 5.32 Å². The minimum absolute atomic E-state index is 0.104. The summed E-state index contributed by atoms with van der Waals surface area (Å²) < 4.78 is 0. The van der Waals surface area contributed by atoms with Gasteiger partial charge in [0.05, 0.1) is 0 Å². The Morgan fingerprint density at radius 1 is 1.50 bits per heavy atom. The lowest BCUT2D eigenvalue weighted by Crippen LogP contribution is -2.33. The molecule has 0 unspecified atom stereocenters. The number of nitrogen functional groups attached to an aromatic ring is 1. The second-order valence-electron chi connectivity index (χ2n) is 3.30. The first-order chi connectivity index (χ1) is 6.59. The van der Waals surface area contributed by atoms with Gasteiger partial charge >= 0.3 is 6.03 Å². The van der Waals surface area contributed by atoms with Crippen molar-refractivity contribution < 1.29 is 4.79 Å².